The summed E-state index contributed by atoms with van der Waals surface area (Å²) in [4.78, 5) is 22.9. The van der Waals surface area contributed by atoms with Gasteiger partial charge in [0.25, 0.3) is 5.91 Å². The van der Waals surface area contributed by atoms with Gasteiger partial charge in [-0.25, -0.2) is 0 Å². The van der Waals surface area contributed by atoms with Crippen LogP contribution in [-0.4, -0.2) is 29.9 Å². The van der Waals surface area contributed by atoms with Gasteiger partial charge in [-0.05, 0) is 37.0 Å². The second-order valence-electron chi connectivity index (χ2n) is 3.94. The van der Waals surface area contributed by atoms with Crippen LogP contribution in [0.2, 0.25) is 0 Å². The molecule has 1 atom stereocenters. The van der Waals surface area contributed by atoms with E-state index in [9.17, 15) is 14.7 Å². The van der Waals surface area contributed by atoms with Crippen LogP contribution >= 0.6 is 11.8 Å². The lowest BCUT2D eigenvalue weighted by atomic mass is 10.1. The Morgan fingerprint density at radius 1 is 1.39 bits per heavy atom. The zero-order valence-corrected chi connectivity index (χ0v) is 11.3. The maximum absolute atomic E-state index is 11.9. The summed E-state index contributed by atoms with van der Waals surface area (Å²) >= 11 is 1.53. The van der Waals surface area contributed by atoms with Crippen LogP contribution in [0.4, 0.5) is 0 Å². The predicted octanol–water partition coefficient (Wildman–Crippen LogP) is 0.596. The zero-order valence-electron chi connectivity index (χ0n) is 10.4. The fourth-order valence-corrected chi connectivity index (χ4v) is 2.02. The van der Waals surface area contributed by atoms with Crippen molar-refractivity contribution in [2.45, 2.75) is 19.4 Å². The number of aliphatic carboxylic acids is 1. The maximum Gasteiger partial charge on any atom is 0.252 e. The van der Waals surface area contributed by atoms with Crippen LogP contribution in [-0.2, 0) is 4.79 Å². The van der Waals surface area contributed by atoms with Gasteiger partial charge in [0.2, 0.25) is 0 Å². The molecule has 1 amide bonds. The lowest BCUT2D eigenvalue weighted by molar-refractivity contribution is -0.308. The van der Waals surface area contributed by atoms with Gasteiger partial charge in [-0.2, -0.15) is 11.8 Å². The summed E-state index contributed by atoms with van der Waals surface area (Å²) < 4.78 is 0. The molecule has 98 valence electrons. The Labute approximate surface area is 111 Å². The van der Waals surface area contributed by atoms with Crippen molar-refractivity contribution in [3.05, 3.63) is 35.4 Å². The van der Waals surface area contributed by atoms with E-state index in [4.69, 9.17) is 0 Å². The summed E-state index contributed by atoms with van der Waals surface area (Å²) in [6.07, 6.45) is 2.25. The Morgan fingerprint density at radius 3 is 2.61 bits per heavy atom. The number of hydrogen-bond donors (Lipinski definition) is 1. The van der Waals surface area contributed by atoms with Crippen molar-refractivity contribution in [1.82, 2.24) is 5.32 Å². The van der Waals surface area contributed by atoms with Gasteiger partial charge in [0, 0.05) is 5.56 Å². The van der Waals surface area contributed by atoms with Crippen molar-refractivity contribution < 1.29 is 14.7 Å². The molecule has 4 nitrogen and oxygen atoms in total. The number of aryl methyl sites for hydroxylation is 1. The van der Waals surface area contributed by atoms with Gasteiger partial charge < -0.3 is 15.2 Å². The number of carboxylic acids is 1. The van der Waals surface area contributed by atoms with Crippen LogP contribution in [0.25, 0.3) is 0 Å². The highest BCUT2D eigenvalue weighted by molar-refractivity contribution is 7.98. The number of hydrogen-bond acceptors (Lipinski definition) is 4. The summed E-state index contributed by atoms with van der Waals surface area (Å²) in [6.45, 7) is 1.81. The summed E-state index contributed by atoms with van der Waals surface area (Å²) in [7, 11) is 0. The Hall–Kier alpha value is -1.49. The highest BCUT2D eigenvalue weighted by atomic mass is 32.2. The smallest absolute Gasteiger partial charge is 0.252 e. The van der Waals surface area contributed by atoms with Crippen LogP contribution in [0, 0.1) is 6.92 Å². The molecule has 0 aliphatic heterocycles. The monoisotopic (exact) mass is 266 g/mol. The molecule has 1 N–H and O–H groups in total. The lowest BCUT2D eigenvalue weighted by Crippen LogP contribution is -2.48. The molecule has 0 saturated carbocycles. The molecule has 0 bridgehead atoms. The van der Waals surface area contributed by atoms with Crippen molar-refractivity contribution in [2.75, 3.05) is 12.0 Å². The van der Waals surface area contributed by atoms with Gasteiger partial charge in [0.1, 0.15) is 0 Å². The molecule has 18 heavy (non-hydrogen) atoms. The summed E-state index contributed by atoms with van der Waals surface area (Å²) in [5, 5.41) is 13.4. The summed E-state index contributed by atoms with van der Waals surface area (Å²) in [5.41, 5.74) is 1.31. The average Bonchev–Trinajstić information content (AvgIpc) is 2.34. The highest BCUT2D eigenvalue weighted by Gasteiger charge is 2.15. The molecule has 0 aromatic heterocycles. The van der Waals surface area contributed by atoms with E-state index in [1.807, 2.05) is 25.3 Å². The third-order valence-electron chi connectivity index (χ3n) is 2.59. The standard InChI is InChI=1S/C13H17NO3S/c1-9-5-3-4-6-10(9)12(15)14-11(13(16)17)7-8-18-2/h3-6,11H,7-8H2,1-2H3,(H,14,15)(H,16,17)/p-1/t11-/m1/s1. The van der Waals surface area contributed by atoms with E-state index < -0.39 is 12.0 Å². The zero-order chi connectivity index (χ0) is 13.5. The maximum atomic E-state index is 11.9. The fraction of sp³-hybridized carbons (Fsp3) is 0.385. The van der Waals surface area contributed by atoms with Crippen molar-refractivity contribution in [3.63, 3.8) is 0 Å². The molecule has 0 unspecified atom stereocenters. The number of carbonyl (C=O) groups excluding carboxylic acids is 2. The minimum absolute atomic E-state index is 0.362. The minimum Gasteiger partial charge on any atom is -0.548 e. The van der Waals surface area contributed by atoms with Crippen LogP contribution in [0.15, 0.2) is 24.3 Å². The van der Waals surface area contributed by atoms with E-state index >= 15 is 0 Å². The molecular weight excluding hydrogens is 250 g/mol. The number of thioether (sulfide) groups is 1. The van der Waals surface area contributed by atoms with Gasteiger partial charge >= 0.3 is 0 Å². The van der Waals surface area contributed by atoms with Crippen LogP contribution in [0.1, 0.15) is 22.3 Å². The average molecular weight is 266 g/mol. The Morgan fingerprint density at radius 2 is 2.06 bits per heavy atom. The largest absolute Gasteiger partial charge is 0.548 e. The first-order chi connectivity index (χ1) is 8.56. The van der Waals surface area contributed by atoms with Crippen molar-refractivity contribution >= 4 is 23.6 Å². The summed E-state index contributed by atoms with van der Waals surface area (Å²) in [6, 6.07) is 6.12. The molecule has 1 aromatic rings. The minimum atomic E-state index is -1.24. The SMILES string of the molecule is CSCC[C@@H](NC(=O)c1ccccc1C)C(=O)[O-]. The molecule has 0 radical (unpaired) electrons. The Bertz CT molecular complexity index is 434. The van der Waals surface area contributed by atoms with E-state index in [1.54, 1.807) is 12.1 Å². The van der Waals surface area contributed by atoms with Gasteiger partial charge in [-0.1, -0.05) is 18.2 Å². The van der Waals surface area contributed by atoms with Gasteiger partial charge in [-0.3, -0.25) is 4.79 Å². The first-order valence-electron chi connectivity index (χ1n) is 5.62. The summed E-state index contributed by atoms with van der Waals surface area (Å²) in [5.74, 6) is -0.957. The fourth-order valence-electron chi connectivity index (χ4n) is 1.55. The van der Waals surface area contributed by atoms with Crippen LogP contribution < -0.4 is 10.4 Å². The molecule has 0 aliphatic rings. The second kappa shape index (κ2) is 7.06. The Balaban J connectivity index is 2.72. The molecular formula is C13H16NO3S-. The van der Waals surface area contributed by atoms with Gasteiger partial charge in [-0.15, -0.1) is 0 Å². The Kier molecular flexibility index (Phi) is 5.71. The van der Waals surface area contributed by atoms with E-state index in [0.717, 1.165) is 5.56 Å². The number of benzene rings is 1. The molecule has 5 heteroatoms. The first-order valence-corrected chi connectivity index (χ1v) is 7.02. The van der Waals surface area contributed by atoms with Crippen molar-refractivity contribution in [3.8, 4) is 0 Å². The third kappa shape index (κ3) is 4.07. The van der Waals surface area contributed by atoms with Crippen LogP contribution in [0.3, 0.4) is 0 Å². The quantitative estimate of drug-likeness (QED) is 0.818. The molecule has 0 spiro atoms. The molecule has 1 rings (SSSR count). The topological polar surface area (TPSA) is 69.2 Å². The number of carboxylic acid groups (broad SMARTS) is 1. The molecule has 0 fully saturated rings. The third-order valence-corrected chi connectivity index (χ3v) is 3.23. The predicted molar refractivity (Wildman–Crippen MR) is 70.4 cm³/mol. The molecule has 0 aliphatic carbocycles. The van der Waals surface area contributed by atoms with Crippen molar-refractivity contribution in [1.29, 1.82) is 0 Å². The molecule has 1 aromatic carbocycles. The van der Waals surface area contributed by atoms with E-state index in [2.05, 4.69) is 5.32 Å². The first kappa shape index (κ1) is 14.6. The van der Waals surface area contributed by atoms with Crippen molar-refractivity contribution in [2.24, 2.45) is 0 Å². The molecule has 0 heterocycles. The van der Waals surface area contributed by atoms with E-state index in [-0.39, 0.29) is 5.91 Å². The van der Waals surface area contributed by atoms with E-state index in [0.29, 0.717) is 17.7 Å². The number of rotatable bonds is 6. The number of amides is 1. The normalized spacial score (nSPS) is 11.9. The highest BCUT2D eigenvalue weighted by Crippen LogP contribution is 2.08. The number of nitrogens with one attached hydrogen (secondary N) is 1. The number of carbonyl (C=O) groups is 2. The van der Waals surface area contributed by atoms with Crippen LogP contribution in [0.5, 0.6) is 0 Å². The van der Waals surface area contributed by atoms with E-state index in [1.165, 1.54) is 11.8 Å². The molecule has 0 saturated heterocycles. The van der Waals surface area contributed by atoms with Gasteiger partial charge in [0.15, 0.2) is 0 Å². The lowest BCUT2D eigenvalue weighted by Gasteiger charge is -2.19. The van der Waals surface area contributed by atoms with Gasteiger partial charge in [0.05, 0.1) is 12.0 Å². The second-order valence-corrected chi connectivity index (χ2v) is 4.93.